The SMILES string of the molecule is C.C.C.C.[B]O.[CH3-].[CH3-].[Y].[Y]. The Bertz CT molecular complexity index is 15.7. The van der Waals surface area contributed by atoms with Gasteiger partial charge >= 0.3 is 0 Å². The number of rotatable bonds is 0. The fraction of sp³-hybridized carbons (Fsp3) is 0.667. The normalized spacial score (nSPS) is 0.500. The van der Waals surface area contributed by atoms with Gasteiger partial charge in [-0.1, -0.05) is 29.7 Å². The fourth-order valence-corrected chi connectivity index (χ4v) is 0. The van der Waals surface area contributed by atoms with E-state index in [4.69, 9.17) is 5.02 Å². The van der Waals surface area contributed by atoms with Crippen LogP contribution in [0.1, 0.15) is 29.7 Å². The van der Waals surface area contributed by atoms with E-state index >= 15 is 0 Å². The third-order valence-corrected chi connectivity index (χ3v) is 0. The monoisotopic (exact) mass is 300 g/mol. The summed E-state index contributed by atoms with van der Waals surface area (Å²) in [7, 11) is 3.50. The van der Waals surface area contributed by atoms with Crippen molar-refractivity contribution in [1.82, 2.24) is 0 Å². The van der Waals surface area contributed by atoms with E-state index in [1.807, 2.05) is 0 Å². The molecule has 4 radical (unpaired) electrons. The molecular formula is C6H23BOY2-2. The summed E-state index contributed by atoms with van der Waals surface area (Å²) in [6.07, 6.45) is 0. The van der Waals surface area contributed by atoms with E-state index in [-0.39, 0.29) is 110 Å². The Labute approximate surface area is 121 Å². The smallest absolute Gasteiger partial charge is 0.277 e. The maximum atomic E-state index is 6.50. The van der Waals surface area contributed by atoms with Crippen LogP contribution in [-0.4, -0.2) is 13.1 Å². The first-order valence-corrected chi connectivity index (χ1v) is 0.258. The van der Waals surface area contributed by atoms with Gasteiger partial charge in [0.15, 0.2) is 0 Å². The molecule has 0 spiro atoms. The summed E-state index contributed by atoms with van der Waals surface area (Å²) in [5.41, 5.74) is 0. The average molecular weight is 300 g/mol. The van der Waals surface area contributed by atoms with Crippen molar-refractivity contribution in [1.29, 1.82) is 0 Å². The van der Waals surface area contributed by atoms with Gasteiger partial charge in [-0.3, -0.25) is 0 Å². The molecule has 0 unspecified atom stereocenters. The van der Waals surface area contributed by atoms with Crippen molar-refractivity contribution >= 4 is 8.05 Å². The Morgan fingerprint density at radius 3 is 0.600 bits per heavy atom. The van der Waals surface area contributed by atoms with Crippen LogP contribution in [0.25, 0.3) is 0 Å². The predicted octanol–water partition coefficient (Wildman–Crippen LogP) is 2.50. The Morgan fingerprint density at radius 1 is 0.600 bits per heavy atom. The van der Waals surface area contributed by atoms with Crippen LogP contribution in [-0.2, 0) is 65.4 Å². The second-order valence-electron chi connectivity index (χ2n) is 0. The molecule has 0 rings (SSSR count). The van der Waals surface area contributed by atoms with Gasteiger partial charge in [0.1, 0.15) is 0 Å². The molecule has 4 heteroatoms. The molecule has 1 N–H and O–H groups in total. The first-order chi connectivity index (χ1) is 1.00. The van der Waals surface area contributed by atoms with Crippen molar-refractivity contribution < 1.29 is 70.4 Å². The van der Waals surface area contributed by atoms with E-state index in [0.29, 0.717) is 0 Å². The average Bonchev–Trinajstić information content (AvgIpc) is 1.00. The van der Waals surface area contributed by atoms with E-state index in [1.54, 1.807) is 0 Å². The Morgan fingerprint density at radius 2 is 0.600 bits per heavy atom. The van der Waals surface area contributed by atoms with Crippen LogP contribution in [0.5, 0.6) is 0 Å². The molecule has 1 nitrogen and oxygen atoms in total. The van der Waals surface area contributed by atoms with Crippen molar-refractivity contribution in [3.8, 4) is 0 Å². The summed E-state index contributed by atoms with van der Waals surface area (Å²) in [6, 6.07) is 0. The fourth-order valence-electron chi connectivity index (χ4n) is 0. The Kier molecular flexibility index (Phi) is 3480. The molecule has 0 heterocycles. The minimum absolute atomic E-state index is 0. The summed E-state index contributed by atoms with van der Waals surface area (Å²) in [5, 5.41) is 6.50. The third kappa shape index (κ3) is 175. The van der Waals surface area contributed by atoms with Crippen molar-refractivity contribution in [3.63, 3.8) is 0 Å². The van der Waals surface area contributed by atoms with Gasteiger partial charge in [0, 0.05) is 65.4 Å². The van der Waals surface area contributed by atoms with Gasteiger partial charge in [0.05, 0.1) is 0 Å². The van der Waals surface area contributed by atoms with Crippen LogP contribution >= 0.6 is 0 Å². The van der Waals surface area contributed by atoms with Crippen molar-refractivity contribution in [2.75, 3.05) is 0 Å². The molecule has 0 aromatic rings. The number of hydrogen-bond acceptors (Lipinski definition) is 1. The minimum Gasteiger partial charge on any atom is -0.461 e. The molecule has 0 fully saturated rings. The first-order valence-electron chi connectivity index (χ1n) is 0.258. The van der Waals surface area contributed by atoms with Gasteiger partial charge in [0.25, 0.3) is 8.05 Å². The zero-order valence-electron chi connectivity index (χ0n) is 4.18. The van der Waals surface area contributed by atoms with Gasteiger partial charge in [-0.05, 0) is 0 Å². The zero-order valence-corrected chi connectivity index (χ0v) is 9.86. The van der Waals surface area contributed by atoms with Crippen molar-refractivity contribution in [2.45, 2.75) is 29.7 Å². The summed E-state index contributed by atoms with van der Waals surface area (Å²) >= 11 is 0. The minimum atomic E-state index is 0. The molecule has 0 aromatic heterocycles. The second-order valence-corrected chi connectivity index (χ2v) is 0. The second kappa shape index (κ2) is 236. The third-order valence-electron chi connectivity index (χ3n) is 0. The maximum absolute atomic E-state index is 6.50. The van der Waals surface area contributed by atoms with E-state index in [0.717, 1.165) is 0 Å². The van der Waals surface area contributed by atoms with Gasteiger partial charge in [-0.25, -0.2) is 0 Å². The topological polar surface area (TPSA) is 20.2 Å². The molecule has 0 bridgehead atoms. The van der Waals surface area contributed by atoms with Crippen molar-refractivity contribution in [3.05, 3.63) is 14.9 Å². The van der Waals surface area contributed by atoms with E-state index in [9.17, 15) is 0 Å². The zero-order chi connectivity index (χ0) is 2.00. The van der Waals surface area contributed by atoms with Crippen LogP contribution < -0.4 is 0 Å². The predicted molar refractivity (Wildman–Crippen MR) is 47.7 cm³/mol. The standard InChI is InChI=1S/4CH4.2CH3.BHO.2Y/c;;;;;;1-2;;/h4*1H4;2*1H3;2H;;/q;;;;2*-1;;;. The van der Waals surface area contributed by atoms with Gasteiger partial charge < -0.3 is 19.9 Å². The van der Waals surface area contributed by atoms with E-state index in [1.165, 1.54) is 0 Å². The molecule has 0 aliphatic carbocycles. The number of hydrogen-bond donors (Lipinski definition) is 1. The van der Waals surface area contributed by atoms with Crippen LogP contribution in [0.3, 0.4) is 0 Å². The van der Waals surface area contributed by atoms with Crippen molar-refractivity contribution in [2.24, 2.45) is 0 Å². The molecule has 0 aliphatic heterocycles. The molecule has 0 amide bonds. The van der Waals surface area contributed by atoms with Crippen LogP contribution in [0, 0.1) is 14.9 Å². The maximum Gasteiger partial charge on any atom is 0.277 e. The molecule has 0 saturated carbocycles. The molecule has 0 atom stereocenters. The van der Waals surface area contributed by atoms with Crippen LogP contribution in [0.2, 0.25) is 0 Å². The quantitative estimate of drug-likeness (QED) is 0.538. The van der Waals surface area contributed by atoms with E-state index < -0.39 is 0 Å². The molecule has 0 saturated heterocycles. The molecule has 10 heavy (non-hydrogen) atoms. The summed E-state index contributed by atoms with van der Waals surface area (Å²) in [4.78, 5) is 0. The molecular weight excluding hydrogens is 277 g/mol. The first kappa shape index (κ1) is 148. The molecule has 64 valence electrons. The summed E-state index contributed by atoms with van der Waals surface area (Å²) in [5.74, 6) is 0. The Balaban J connectivity index is -0.000000000179. The summed E-state index contributed by atoms with van der Waals surface area (Å²) in [6.45, 7) is 0. The van der Waals surface area contributed by atoms with Gasteiger partial charge in [-0.15, -0.1) is 0 Å². The molecule has 0 aliphatic rings. The van der Waals surface area contributed by atoms with E-state index in [2.05, 4.69) is 8.05 Å². The molecule has 0 aromatic carbocycles. The van der Waals surface area contributed by atoms with Gasteiger partial charge in [0.2, 0.25) is 0 Å². The van der Waals surface area contributed by atoms with Crippen LogP contribution in [0.15, 0.2) is 0 Å². The summed E-state index contributed by atoms with van der Waals surface area (Å²) < 4.78 is 0. The van der Waals surface area contributed by atoms with Gasteiger partial charge in [-0.2, -0.15) is 0 Å². The van der Waals surface area contributed by atoms with Crippen LogP contribution in [0.4, 0.5) is 0 Å². The largest absolute Gasteiger partial charge is 0.461 e. The Hall–Kier alpha value is 2.23.